The molecule has 0 atom stereocenters. The van der Waals surface area contributed by atoms with E-state index in [1.54, 1.807) is 6.20 Å². The van der Waals surface area contributed by atoms with Gasteiger partial charge >= 0.3 is 0 Å². The van der Waals surface area contributed by atoms with Crippen LogP contribution in [0.2, 0.25) is 5.02 Å². The minimum absolute atomic E-state index is 0.289. The molecule has 0 spiro atoms. The van der Waals surface area contributed by atoms with Gasteiger partial charge in [-0.15, -0.1) is 0 Å². The quantitative estimate of drug-likeness (QED) is 0.291. The zero-order chi connectivity index (χ0) is 23.8. The van der Waals surface area contributed by atoms with E-state index in [1.165, 1.54) is 6.07 Å². The molecule has 0 aliphatic heterocycles. The lowest BCUT2D eigenvalue weighted by Crippen LogP contribution is -2.07. The number of rotatable bonds is 4. The molecular weight excluding hydrogens is 458 g/mol. The third-order valence-electron chi connectivity index (χ3n) is 5.78. The number of benzene rings is 3. The van der Waals surface area contributed by atoms with Gasteiger partial charge in [-0.2, -0.15) is 0 Å². The second kappa shape index (κ2) is 8.70. The fourth-order valence-corrected chi connectivity index (χ4v) is 4.46. The highest BCUT2D eigenvalue weighted by Crippen LogP contribution is 2.38. The molecule has 3 aromatic heterocycles. The highest BCUT2D eigenvalue weighted by molar-refractivity contribution is 6.35. The van der Waals surface area contributed by atoms with E-state index in [4.69, 9.17) is 21.3 Å². The number of ether oxygens (including phenoxy) is 1. The number of fused-ring (bicyclic) bond motifs is 2. The van der Waals surface area contributed by atoms with Gasteiger partial charge in [0.05, 0.1) is 21.6 Å². The van der Waals surface area contributed by atoms with Crippen molar-refractivity contribution in [3.05, 3.63) is 119 Å². The maximum Gasteiger partial charge on any atom is 0.253 e. The molecule has 6 aromatic rings. The molecule has 0 aliphatic rings. The summed E-state index contributed by atoms with van der Waals surface area (Å²) in [7, 11) is 0. The van der Waals surface area contributed by atoms with Gasteiger partial charge in [-0.1, -0.05) is 66.2 Å². The Morgan fingerprint density at radius 2 is 1.57 bits per heavy atom. The summed E-state index contributed by atoms with van der Waals surface area (Å²) in [6, 6.07) is 30.5. The standard InChI is InChI=1S/C29H18ClN3O2/c30-24-15-20(14-19-10-7-13-31-28(19)24)22-16-23-25(35-21-11-5-2-6-12-21)17-26(34)32-29(23)33-27(22)18-8-3-1-4-9-18/h1-17H,(H,32,33,34). The van der Waals surface area contributed by atoms with Crippen molar-refractivity contribution in [3.8, 4) is 33.9 Å². The molecule has 0 aliphatic carbocycles. The second-order valence-electron chi connectivity index (χ2n) is 8.09. The molecule has 5 nitrogen and oxygen atoms in total. The monoisotopic (exact) mass is 475 g/mol. The van der Waals surface area contributed by atoms with Crippen LogP contribution in [0.3, 0.4) is 0 Å². The Kier molecular flexibility index (Phi) is 5.24. The highest BCUT2D eigenvalue weighted by Gasteiger charge is 2.17. The Hall–Kier alpha value is -4.48. The molecule has 1 N–H and O–H groups in total. The molecule has 3 heterocycles. The van der Waals surface area contributed by atoms with Crippen LogP contribution in [0, 0.1) is 0 Å². The van der Waals surface area contributed by atoms with E-state index in [2.05, 4.69) is 9.97 Å². The molecule has 6 heteroatoms. The van der Waals surface area contributed by atoms with Crippen LogP contribution in [0.5, 0.6) is 11.5 Å². The Bertz CT molecular complexity index is 1750. The van der Waals surface area contributed by atoms with Crippen LogP contribution in [0.1, 0.15) is 0 Å². The predicted molar refractivity (Wildman–Crippen MR) is 140 cm³/mol. The summed E-state index contributed by atoms with van der Waals surface area (Å²) in [4.78, 5) is 24.7. The van der Waals surface area contributed by atoms with E-state index >= 15 is 0 Å². The van der Waals surface area contributed by atoms with Crippen molar-refractivity contribution in [1.82, 2.24) is 15.0 Å². The van der Waals surface area contributed by atoms with Gasteiger partial charge in [-0.3, -0.25) is 9.78 Å². The number of nitrogens with zero attached hydrogens (tertiary/aromatic N) is 2. The summed E-state index contributed by atoms with van der Waals surface area (Å²) in [5, 5.41) is 2.17. The Morgan fingerprint density at radius 1 is 0.800 bits per heavy atom. The van der Waals surface area contributed by atoms with Gasteiger partial charge in [-0.25, -0.2) is 4.98 Å². The van der Waals surface area contributed by atoms with Crippen LogP contribution in [-0.4, -0.2) is 15.0 Å². The normalized spacial score (nSPS) is 11.1. The van der Waals surface area contributed by atoms with Crippen molar-refractivity contribution in [1.29, 1.82) is 0 Å². The number of halogens is 1. The highest BCUT2D eigenvalue weighted by atomic mass is 35.5. The Morgan fingerprint density at radius 3 is 2.37 bits per heavy atom. The summed E-state index contributed by atoms with van der Waals surface area (Å²) < 4.78 is 6.11. The SMILES string of the molecule is O=c1cc(Oc2ccccc2)c2cc(-c3cc(Cl)c4ncccc4c3)c(-c3ccccc3)nc2[nH]1. The van der Waals surface area contributed by atoms with Crippen LogP contribution in [0.25, 0.3) is 44.3 Å². The van der Waals surface area contributed by atoms with Crippen molar-refractivity contribution in [2.24, 2.45) is 0 Å². The van der Waals surface area contributed by atoms with Crippen molar-refractivity contribution in [2.45, 2.75) is 0 Å². The fraction of sp³-hybridized carbons (Fsp3) is 0. The lowest BCUT2D eigenvalue weighted by Gasteiger charge is -2.15. The number of nitrogens with one attached hydrogen (secondary N) is 1. The molecule has 0 amide bonds. The first-order valence-electron chi connectivity index (χ1n) is 11.1. The summed E-state index contributed by atoms with van der Waals surface area (Å²) in [5.74, 6) is 1.06. The number of para-hydroxylation sites is 1. The third kappa shape index (κ3) is 4.03. The van der Waals surface area contributed by atoms with E-state index in [0.29, 0.717) is 27.6 Å². The average Bonchev–Trinajstić information content (AvgIpc) is 2.89. The molecule has 3 aromatic carbocycles. The van der Waals surface area contributed by atoms with Crippen LogP contribution in [-0.2, 0) is 0 Å². The molecule has 0 unspecified atom stereocenters. The van der Waals surface area contributed by atoms with Gasteiger partial charge in [0.15, 0.2) is 0 Å². The Balaban J connectivity index is 1.64. The zero-order valence-electron chi connectivity index (χ0n) is 18.4. The minimum Gasteiger partial charge on any atom is -0.456 e. The molecule has 168 valence electrons. The zero-order valence-corrected chi connectivity index (χ0v) is 19.2. The first-order valence-corrected chi connectivity index (χ1v) is 11.4. The van der Waals surface area contributed by atoms with Crippen LogP contribution >= 0.6 is 11.6 Å². The third-order valence-corrected chi connectivity index (χ3v) is 6.07. The fourth-order valence-electron chi connectivity index (χ4n) is 4.19. The lowest BCUT2D eigenvalue weighted by molar-refractivity contribution is 0.487. The van der Waals surface area contributed by atoms with Crippen molar-refractivity contribution < 1.29 is 4.74 Å². The number of aromatic nitrogens is 3. The minimum atomic E-state index is -0.289. The molecular formula is C29H18ClN3O2. The van der Waals surface area contributed by atoms with Crippen LogP contribution in [0.15, 0.2) is 108 Å². The maximum atomic E-state index is 12.5. The molecule has 0 radical (unpaired) electrons. The number of hydrogen-bond acceptors (Lipinski definition) is 4. The van der Waals surface area contributed by atoms with E-state index in [0.717, 1.165) is 33.3 Å². The summed E-state index contributed by atoms with van der Waals surface area (Å²) in [6.07, 6.45) is 1.73. The van der Waals surface area contributed by atoms with Crippen molar-refractivity contribution in [3.63, 3.8) is 0 Å². The average molecular weight is 476 g/mol. The van der Waals surface area contributed by atoms with Gasteiger partial charge in [0.2, 0.25) is 0 Å². The summed E-state index contributed by atoms with van der Waals surface area (Å²) >= 11 is 6.63. The Labute approximate surface area is 205 Å². The first kappa shape index (κ1) is 21.1. The number of hydrogen-bond donors (Lipinski definition) is 1. The molecule has 0 fully saturated rings. The van der Waals surface area contributed by atoms with Gasteiger partial charge in [-0.05, 0) is 42.0 Å². The summed E-state index contributed by atoms with van der Waals surface area (Å²) in [5.41, 5.74) is 4.29. The predicted octanol–water partition coefficient (Wildman–Crippen LogP) is 7.25. The molecule has 35 heavy (non-hydrogen) atoms. The first-order chi connectivity index (χ1) is 17.2. The van der Waals surface area contributed by atoms with E-state index in [-0.39, 0.29) is 5.56 Å². The molecule has 6 rings (SSSR count). The molecule has 0 saturated heterocycles. The van der Waals surface area contributed by atoms with Crippen LogP contribution in [0.4, 0.5) is 0 Å². The van der Waals surface area contributed by atoms with Gasteiger partial charge in [0.25, 0.3) is 5.56 Å². The van der Waals surface area contributed by atoms with Crippen LogP contribution < -0.4 is 10.3 Å². The van der Waals surface area contributed by atoms with E-state index < -0.39 is 0 Å². The van der Waals surface area contributed by atoms with Gasteiger partial charge in [0, 0.05) is 28.8 Å². The van der Waals surface area contributed by atoms with Gasteiger partial charge in [0.1, 0.15) is 17.1 Å². The van der Waals surface area contributed by atoms with Gasteiger partial charge < -0.3 is 9.72 Å². The molecule has 0 saturated carbocycles. The van der Waals surface area contributed by atoms with Crippen molar-refractivity contribution in [2.75, 3.05) is 0 Å². The number of aromatic amines is 1. The number of pyridine rings is 3. The second-order valence-corrected chi connectivity index (χ2v) is 8.50. The van der Waals surface area contributed by atoms with E-state index in [1.807, 2.05) is 91.0 Å². The smallest absolute Gasteiger partial charge is 0.253 e. The number of H-pyrrole nitrogens is 1. The van der Waals surface area contributed by atoms with E-state index in [9.17, 15) is 4.79 Å². The lowest BCUT2D eigenvalue weighted by atomic mass is 9.96. The molecule has 0 bridgehead atoms. The largest absolute Gasteiger partial charge is 0.456 e. The topological polar surface area (TPSA) is 67.9 Å². The summed E-state index contributed by atoms with van der Waals surface area (Å²) in [6.45, 7) is 0. The maximum absolute atomic E-state index is 12.5. The van der Waals surface area contributed by atoms with Crippen molar-refractivity contribution >= 4 is 33.5 Å².